The van der Waals surface area contributed by atoms with Crippen molar-refractivity contribution in [3.8, 4) is 0 Å². The molecule has 22 heavy (non-hydrogen) atoms. The maximum atomic E-state index is 12.7. The van der Waals surface area contributed by atoms with Gasteiger partial charge in [0.05, 0.1) is 15.8 Å². The first-order valence-electron chi connectivity index (χ1n) is 6.85. The maximum Gasteiger partial charge on any atom is 0.326 e. The Morgan fingerprint density at radius 3 is 2.68 bits per heavy atom. The Hall–Kier alpha value is -1.97. The van der Waals surface area contributed by atoms with Crippen LogP contribution in [0, 0.1) is 0 Å². The summed E-state index contributed by atoms with van der Waals surface area (Å²) in [5, 5.41) is 3.26. The van der Waals surface area contributed by atoms with Crippen LogP contribution in [0.15, 0.2) is 32.7 Å². The number of fused-ring (bicyclic) bond motifs is 1. The number of rotatable bonds is 3. The van der Waals surface area contributed by atoms with E-state index in [0.29, 0.717) is 12.1 Å². The summed E-state index contributed by atoms with van der Waals surface area (Å²) in [5.74, 6) is 0. The molecule has 0 saturated carbocycles. The SMILES string of the molecule is CN(C1CCNC1)S(=O)(=O)c1ccc2[nH]c(=O)[nH]c(=O)c2c1. The molecule has 1 saturated heterocycles. The minimum absolute atomic E-state index is 0.0342. The molecule has 3 N–H and O–H groups in total. The van der Waals surface area contributed by atoms with Gasteiger partial charge in [-0.2, -0.15) is 4.31 Å². The summed E-state index contributed by atoms with van der Waals surface area (Å²) in [4.78, 5) is 27.6. The summed E-state index contributed by atoms with van der Waals surface area (Å²) in [5.41, 5.74) is -0.930. The molecule has 9 heteroatoms. The third kappa shape index (κ3) is 2.47. The van der Waals surface area contributed by atoms with E-state index in [1.165, 1.54) is 29.6 Å². The lowest BCUT2D eigenvalue weighted by Gasteiger charge is -2.23. The van der Waals surface area contributed by atoms with Crippen molar-refractivity contribution in [2.75, 3.05) is 20.1 Å². The Bertz CT molecular complexity index is 925. The molecular weight excluding hydrogens is 308 g/mol. The van der Waals surface area contributed by atoms with E-state index in [9.17, 15) is 18.0 Å². The van der Waals surface area contributed by atoms with Crippen molar-refractivity contribution in [3.05, 3.63) is 39.0 Å². The molecule has 2 heterocycles. The quantitative estimate of drug-likeness (QED) is 0.684. The number of likely N-dealkylation sites (N-methyl/N-ethyl adjacent to an activating group) is 1. The molecular formula is C13H16N4O4S. The van der Waals surface area contributed by atoms with Crippen LogP contribution in [0.3, 0.4) is 0 Å². The van der Waals surface area contributed by atoms with E-state index < -0.39 is 21.3 Å². The van der Waals surface area contributed by atoms with Gasteiger partial charge in [-0.3, -0.25) is 9.78 Å². The van der Waals surface area contributed by atoms with Crippen LogP contribution >= 0.6 is 0 Å². The molecule has 1 atom stereocenters. The number of benzene rings is 1. The maximum absolute atomic E-state index is 12.7. The van der Waals surface area contributed by atoms with E-state index in [-0.39, 0.29) is 16.3 Å². The van der Waals surface area contributed by atoms with Gasteiger partial charge in [-0.05, 0) is 31.2 Å². The summed E-state index contributed by atoms with van der Waals surface area (Å²) < 4.78 is 26.6. The summed E-state index contributed by atoms with van der Waals surface area (Å²) in [6, 6.07) is 4.01. The number of aromatic nitrogens is 2. The first-order chi connectivity index (χ1) is 10.4. The van der Waals surface area contributed by atoms with Crippen molar-refractivity contribution in [2.45, 2.75) is 17.4 Å². The topological polar surface area (TPSA) is 115 Å². The van der Waals surface area contributed by atoms with Crippen molar-refractivity contribution in [2.24, 2.45) is 0 Å². The highest BCUT2D eigenvalue weighted by molar-refractivity contribution is 7.89. The van der Waals surface area contributed by atoms with Gasteiger partial charge in [-0.25, -0.2) is 13.2 Å². The number of aromatic amines is 2. The monoisotopic (exact) mass is 324 g/mol. The lowest BCUT2D eigenvalue weighted by molar-refractivity contribution is 0.388. The van der Waals surface area contributed by atoms with E-state index in [1.807, 2.05) is 0 Å². The van der Waals surface area contributed by atoms with E-state index in [2.05, 4.69) is 15.3 Å². The van der Waals surface area contributed by atoms with Crippen LogP contribution in [-0.2, 0) is 10.0 Å². The number of hydrogen-bond donors (Lipinski definition) is 3. The van der Waals surface area contributed by atoms with Gasteiger partial charge >= 0.3 is 5.69 Å². The Kier molecular flexibility index (Phi) is 3.63. The summed E-state index contributed by atoms with van der Waals surface area (Å²) in [6.45, 7) is 1.39. The zero-order chi connectivity index (χ0) is 15.9. The third-order valence-corrected chi connectivity index (χ3v) is 5.84. The lowest BCUT2D eigenvalue weighted by Crippen LogP contribution is -2.38. The van der Waals surface area contributed by atoms with Crippen LogP contribution in [0.5, 0.6) is 0 Å². The van der Waals surface area contributed by atoms with Crippen LogP contribution in [0.2, 0.25) is 0 Å². The second kappa shape index (κ2) is 5.34. The molecule has 1 aliphatic heterocycles. The van der Waals surface area contributed by atoms with Gasteiger partial charge in [-0.15, -0.1) is 0 Å². The highest BCUT2D eigenvalue weighted by atomic mass is 32.2. The van der Waals surface area contributed by atoms with Crippen molar-refractivity contribution < 1.29 is 8.42 Å². The van der Waals surface area contributed by atoms with Gasteiger partial charge in [-0.1, -0.05) is 0 Å². The van der Waals surface area contributed by atoms with Gasteiger partial charge in [0, 0.05) is 19.6 Å². The van der Waals surface area contributed by atoms with Crippen LogP contribution in [-0.4, -0.2) is 48.9 Å². The van der Waals surface area contributed by atoms with Crippen molar-refractivity contribution >= 4 is 20.9 Å². The van der Waals surface area contributed by atoms with Crippen LogP contribution in [0.1, 0.15) is 6.42 Å². The summed E-state index contributed by atoms with van der Waals surface area (Å²) in [6.07, 6.45) is 0.747. The van der Waals surface area contributed by atoms with Crippen LogP contribution < -0.4 is 16.6 Å². The van der Waals surface area contributed by atoms with Crippen molar-refractivity contribution in [1.82, 2.24) is 19.6 Å². The number of nitrogens with zero attached hydrogens (tertiary/aromatic N) is 1. The van der Waals surface area contributed by atoms with Gasteiger partial charge in [0.15, 0.2) is 0 Å². The fourth-order valence-corrected chi connectivity index (χ4v) is 4.03. The van der Waals surface area contributed by atoms with E-state index in [1.54, 1.807) is 0 Å². The first kappa shape index (κ1) is 14.9. The molecule has 3 rings (SSSR count). The Balaban J connectivity index is 2.09. The second-order valence-electron chi connectivity index (χ2n) is 5.28. The standard InChI is InChI=1S/C13H16N4O4S/c1-17(8-4-5-14-7-8)22(20,21)9-2-3-11-10(6-9)12(18)16-13(19)15-11/h2-3,6,8,14H,4-5,7H2,1H3,(H2,15,16,18,19). The van der Waals surface area contributed by atoms with Gasteiger partial charge in [0.2, 0.25) is 10.0 Å². The van der Waals surface area contributed by atoms with Gasteiger partial charge < -0.3 is 10.3 Å². The molecule has 1 aromatic carbocycles. The van der Waals surface area contributed by atoms with E-state index >= 15 is 0 Å². The molecule has 1 fully saturated rings. The van der Waals surface area contributed by atoms with Crippen molar-refractivity contribution in [3.63, 3.8) is 0 Å². The minimum atomic E-state index is -3.69. The first-order valence-corrected chi connectivity index (χ1v) is 8.29. The van der Waals surface area contributed by atoms with E-state index in [0.717, 1.165) is 13.0 Å². The largest absolute Gasteiger partial charge is 0.326 e. The average Bonchev–Trinajstić information content (AvgIpc) is 2.99. The smallest absolute Gasteiger partial charge is 0.315 e. The molecule has 0 bridgehead atoms. The zero-order valence-corrected chi connectivity index (χ0v) is 12.7. The highest BCUT2D eigenvalue weighted by Gasteiger charge is 2.30. The second-order valence-corrected chi connectivity index (χ2v) is 7.28. The molecule has 1 aliphatic rings. The molecule has 0 aliphatic carbocycles. The molecule has 0 amide bonds. The molecule has 0 radical (unpaired) electrons. The number of H-pyrrole nitrogens is 2. The molecule has 1 aromatic heterocycles. The normalized spacial score (nSPS) is 19.1. The minimum Gasteiger partial charge on any atom is -0.315 e. The Morgan fingerprint density at radius 1 is 1.23 bits per heavy atom. The Morgan fingerprint density at radius 2 is 2.00 bits per heavy atom. The third-order valence-electron chi connectivity index (χ3n) is 3.94. The van der Waals surface area contributed by atoms with Gasteiger partial charge in [0.1, 0.15) is 0 Å². The average molecular weight is 324 g/mol. The highest BCUT2D eigenvalue weighted by Crippen LogP contribution is 2.21. The lowest BCUT2D eigenvalue weighted by atomic mass is 10.2. The number of sulfonamides is 1. The molecule has 118 valence electrons. The van der Waals surface area contributed by atoms with Crippen molar-refractivity contribution in [1.29, 1.82) is 0 Å². The fourth-order valence-electron chi connectivity index (χ4n) is 2.62. The number of nitrogens with one attached hydrogen (secondary N) is 3. The number of hydrogen-bond acceptors (Lipinski definition) is 5. The predicted octanol–water partition coefficient (Wildman–Crippen LogP) is -0.801. The Labute approximate surface area is 126 Å². The van der Waals surface area contributed by atoms with Crippen LogP contribution in [0.25, 0.3) is 10.9 Å². The summed E-state index contributed by atoms with van der Waals surface area (Å²) >= 11 is 0. The summed E-state index contributed by atoms with van der Waals surface area (Å²) in [7, 11) is -2.16. The molecule has 8 nitrogen and oxygen atoms in total. The fraction of sp³-hybridized carbons (Fsp3) is 0.385. The predicted molar refractivity (Wildman–Crippen MR) is 81.4 cm³/mol. The molecule has 2 aromatic rings. The molecule has 0 spiro atoms. The van der Waals surface area contributed by atoms with Gasteiger partial charge in [0.25, 0.3) is 5.56 Å². The zero-order valence-electron chi connectivity index (χ0n) is 11.9. The van der Waals surface area contributed by atoms with E-state index in [4.69, 9.17) is 0 Å². The van der Waals surface area contributed by atoms with Crippen LogP contribution in [0.4, 0.5) is 0 Å². The molecule has 1 unspecified atom stereocenters.